The number of carbonyl (C=O) groups is 1. The molecule has 4 rings (SSSR count). The quantitative estimate of drug-likeness (QED) is 0.522. The van der Waals surface area contributed by atoms with Crippen LogP contribution in [0.2, 0.25) is 0 Å². The van der Waals surface area contributed by atoms with E-state index in [4.69, 9.17) is 4.52 Å². The highest BCUT2D eigenvalue weighted by molar-refractivity contribution is 5.90. The van der Waals surface area contributed by atoms with Gasteiger partial charge in [0.25, 0.3) is 0 Å². The summed E-state index contributed by atoms with van der Waals surface area (Å²) in [6, 6.07) is 20.7. The van der Waals surface area contributed by atoms with E-state index < -0.39 is 0 Å². The predicted molar refractivity (Wildman–Crippen MR) is 109 cm³/mol. The Morgan fingerprint density at radius 1 is 0.966 bits per heavy atom. The Morgan fingerprint density at radius 3 is 2.62 bits per heavy atom. The van der Waals surface area contributed by atoms with Gasteiger partial charge in [0.15, 0.2) is 0 Å². The summed E-state index contributed by atoms with van der Waals surface area (Å²) in [7, 11) is 0. The van der Waals surface area contributed by atoms with Crippen molar-refractivity contribution >= 4 is 11.7 Å². The summed E-state index contributed by atoms with van der Waals surface area (Å²) in [5, 5.41) is 9.76. The van der Waals surface area contributed by atoms with E-state index in [0.717, 1.165) is 16.7 Å². The highest BCUT2D eigenvalue weighted by atomic mass is 16.5. The Balaban J connectivity index is 1.42. The molecule has 0 aliphatic rings. The van der Waals surface area contributed by atoms with Crippen molar-refractivity contribution in [1.29, 1.82) is 0 Å². The van der Waals surface area contributed by atoms with Gasteiger partial charge in [-0.1, -0.05) is 53.7 Å². The maximum Gasteiger partial charge on any atom is 0.319 e. The van der Waals surface area contributed by atoms with Crippen molar-refractivity contribution in [3.05, 3.63) is 96.1 Å². The lowest BCUT2D eigenvalue weighted by atomic mass is 10.1. The predicted octanol–water partition coefficient (Wildman–Crippen LogP) is 4.04. The van der Waals surface area contributed by atoms with Crippen molar-refractivity contribution in [2.75, 3.05) is 5.32 Å². The Bertz CT molecular complexity index is 1080. The van der Waals surface area contributed by atoms with E-state index in [1.807, 2.05) is 66.7 Å². The van der Waals surface area contributed by atoms with E-state index in [9.17, 15) is 4.79 Å². The van der Waals surface area contributed by atoms with E-state index in [1.54, 1.807) is 12.4 Å². The van der Waals surface area contributed by atoms with Gasteiger partial charge in [-0.15, -0.1) is 0 Å². The molecule has 0 atom stereocenters. The second-order valence-electron chi connectivity index (χ2n) is 6.38. The molecule has 7 nitrogen and oxygen atoms in total. The zero-order valence-corrected chi connectivity index (χ0v) is 15.6. The Labute approximate surface area is 167 Å². The van der Waals surface area contributed by atoms with Gasteiger partial charge >= 0.3 is 6.03 Å². The van der Waals surface area contributed by atoms with Gasteiger partial charge in [0.2, 0.25) is 11.7 Å². The van der Waals surface area contributed by atoms with Gasteiger partial charge in [0.05, 0.1) is 6.42 Å². The lowest BCUT2D eigenvalue weighted by molar-refractivity contribution is 0.251. The summed E-state index contributed by atoms with van der Waals surface area (Å²) in [6.45, 7) is 0.451. The number of rotatable bonds is 6. The number of anilines is 1. The molecule has 0 radical (unpaired) electrons. The highest BCUT2D eigenvalue weighted by Crippen LogP contribution is 2.20. The summed E-state index contributed by atoms with van der Waals surface area (Å²) in [5.41, 5.74) is 3.39. The first kappa shape index (κ1) is 18.4. The fourth-order valence-electron chi connectivity index (χ4n) is 2.84. The number of amides is 2. The van der Waals surface area contributed by atoms with Crippen LogP contribution in [0.1, 0.15) is 17.0 Å². The molecule has 0 spiro atoms. The van der Waals surface area contributed by atoms with Crippen LogP contribution >= 0.6 is 0 Å². The Kier molecular flexibility index (Phi) is 5.57. The summed E-state index contributed by atoms with van der Waals surface area (Å²) in [4.78, 5) is 20.8. The zero-order chi connectivity index (χ0) is 19.9. The third kappa shape index (κ3) is 4.84. The van der Waals surface area contributed by atoms with Crippen LogP contribution in [0.3, 0.4) is 0 Å². The standard InChI is InChI=1S/C22H19N5O2/c28-22(24-14-16-7-2-1-3-8-16)25-19-11-5-4-9-17(19)13-20-26-21(27-29-20)18-10-6-12-23-15-18/h1-12,15H,13-14H2,(H2,24,25,28). The molecule has 144 valence electrons. The van der Waals surface area contributed by atoms with E-state index >= 15 is 0 Å². The minimum Gasteiger partial charge on any atom is -0.339 e. The number of urea groups is 1. The molecule has 2 aromatic carbocycles. The number of aromatic nitrogens is 3. The lowest BCUT2D eigenvalue weighted by Crippen LogP contribution is -2.28. The van der Waals surface area contributed by atoms with E-state index in [0.29, 0.717) is 30.4 Å². The van der Waals surface area contributed by atoms with Crippen LogP contribution in [0.15, 0.2) is 83.6 Å². The number of nitrogens with one attached hydrogen (secondary N) is 2. The van der Waals surface area contributed by atoms with Crippen molar-refractivity contribution in [2.24, 2.45) is 0 Å². The number of nitrogens with zero attached hydrogens (tertiary/aromatic N) is 3. The normalized spacial score (nSPS) is 10.5. The molecule has 29 heavy (non-hydrogen) atoms. The van der Waals surface area contributed by atoms with Gasteiger partial charge in [-0.2, -0.15) is 4.98 Å². The van der Waals surface area contributed by atoms with Crippen LogP contribution in [0.4, 0.5) is 10.5 Å². The average molecular weight is 385 g/mol. The summed E-state index contributed by atoms with van der Waals surface area (Å²) in [5.74, 6) is 0.946. The Hall–Kier alpha value is -4.00. The molecular formula is C22H19N5O2. The molecule has 0 aliphatic heterocycles. The molecule has 0 saturated heterocycles. The molecule has 0 unspecified atom stereocenters. The summed E-state index contributed by atoms with van der Waals surface area (Å²) < 4.78 is 5.37. The SMILES string of the molecule is O=C(NCc1ccccc1)Nc1ccccc1Cc1nc(-c2cccnc2)no1. The average Bonchev–Trinajstić information content (AvgIpc) is 3.24. The monoisotopic (exact) mass is 385 g/mol. The number of para-hydroxylation sites is 1. The smallest absolute Gasteiger partial charge is 0.319 e. The molecule has 0 bridgehead atoms. The number of hydrogen-bond donors (Lipinski definition) is 2. The first-order chi connectivity index (χ1) is 14.3. The zero-order valence-electron chi connectivity index (χ0n) is 15.6. The number of hydrogen-bond acceptors (Lipinski definition) is 5. The van der Waals surface area contributed by atoms with Crippen molar-refractivity contribution in [3.63, 3.8) is 0 Å². The van der Waals surface area contributed by atoms with Gasteiger partial charge in [-0.3, -0.25) is 4.98 Å². The van der Waals surface area contributed by atoms with Gasteiger partial charge in [0, 0.05) is 30.2 Å². The molecule has 2 N–H and O–H groups in total. The number of pyridine rings is 1. The Morgan fingerprint density at radius 2 is 1.79 bits per heavy atom. The van der Waals surface area contributed by atoms with Gasteiger partial charge in [-0.25, -0.2) is 4.79 Å². The molecule has 7 heteroatoms. The van der Waals surface area contributed by atoms with Crippen LogP contribution in [0, 0.1) is 0 Å². The first-order valence-corrected chi connectivity index (χ1v) is 9.17. The van der Waals surface area contributed by atoms with Crippen molar-refractivity contribution in [2.45, 2.75) is 13.0 Å². The second kappa shape index (κ2) is 8.79. The second-order valence-corrected chi connectivity index (χ2v) is 6.38. The molecule has 4 aromatic rings. The maximum absolute atomic E-state index is 12.3. The van der Waals surface area contributed by atoms with Crippen molar-refractivity contribution in [1.82, 2.24) is 20.4 Å². The number of benzene rings is 2. The maximum atomic E-state index is 12.3. The van der Waals surface area contributed by atoms with E-state index in [-0.39, 0.29) is 6.03 Å². The summed E-state index contributed by atoms with van der Waals surface area (Å²) >= 11 is 0. The van der Waals surface area contributed by atoms with Crippen LogP contribution in [0.25, 0.3) is 11.4 Å². The molecule has 0 saturated carbocycles. The van der Waals surface area contributed by atoms with E-state index in [1.165, 1.54) is 0 Å². The van der Waals surface area contributed by atoms with Gasteiger partial charge in [0.1, 0.15) is 0 Å². The van der Waals surface area contributed by atoms with Crippen LogP contribution < -0.4 is 10.6 Å². The summed E-state index contributed by atoms with van der Waals surface area (Å²) in [6.07, 6.45) is 3.78. The highest BCUT2D eigenvalue weighted by Gasteiger charge is 2.12. The minimum absolute atomic E-state index is 0.275. The molecule has 0 aliphatic carbocycles. The van der Waals surface area contributed by atoms with Crippen molar-refractivity contribution in [3.8, 4) is 11.4 Å². The van der Waals surface area contributed by atoms with Gasteiger partial charge in [-0.05, 0) is 29.3 Å². The minimum atomic E-state index is -0.275. The third-order valence-electron chi connectivity index (χ3n) is 4.29. The first-order valence-electron chi connectivity index (χ1n) is 9.17. The largest absolute Gasteiger partial charge is 0.339 e. The fraction of sp³-hybridized carbons (Fsp3) is 0.0909. The van der Waals surface area contributed by atoms with Crippen LogP contribution in [-0.2, 0) is 13.0 Å². The van der Waals surface area contributed by atoms with E-state index in [2.05, 4.69) is 25.8 Å². The molecular weight excluding hydrogens is 366 g/mol. The van der Waals surface area contributed by atoms with Crippen LogP contribution in [0.5, 0.6) is 0 Å². The molecule has 2 aromatic heterocycles. The fourth-order valence-corrected chi connectivity index (χ4v) is 2.84. The molecule has 0 fully saturated rings. The molecule has 2 heterocycles. The number of carbonyl (C=O) groups excluding carboxylic acids is 1. The lowest BCUT2D eigenvalue weighted by Gasteiger charge is -2.11. The topological polar surface area (TPSA) is 92.9 Å². The molecule has 2 amide bonds. The van der Waals surface area contributed by atoms with Crippen molar-refractivity contribution < 1.29 is 9.32 Å². The third-order valence-corrected chi connectivity index (χ3v) is 4.29. The van der Waals surface area contributed by atoms with Gasteiger partial charge < -0.3 is 15.2 Å². The van der Waals surface area contributed by atoms with Crippen LogP contribution in [-0.4, -0.2) is 21.2 Å².